The van der Waals surface area contributed by atoms with Crippen LogP contribution in [0.15, 0.2) is 12.1 Å². The van der Waals surface area contributed by atoms with E-state index in [4.69, 9.17) is 0 Å². The summed E-state index contributed by atoms with van der Waals surface area (Å²) in [6, 6.07) is 1.62. The Morgan fingerprint density at radius 2 is 1.91 bits per heavy atom. The molecule has 1 heterocycles. The van der Waals surface area contributed by atoms with Gasteiger partial charge < -0.3 is 15.5 Å². The largest absolute Gasteiger partial charge is 0.504 e. The molecule has 1 aliphatic rings. The van der Waals surface area contributed by atoms with Gasteiger partial charge in [0.1, 0.15) is 6.67 Å². The van der Waals surface area contributed by atoms with Crippen molar-refractivity contribution in [3.63, 3.8) is 0 Å². The molecule has 2 rings (SSSR count). The number of benzene rings is 1. The minimum atomic E-state index is -0.800. The van der Waals surface area contributed by atoms with Gasteiger partial charge in [-0.15, -0.1) is 24.8 Å². The van der Waals surface area contributed by atoms with Gasteiger partial charge in [0.2, 0.25) is 5.75 Å². The summed E-state index contributed by atoms with van der Waals surface area (Å²) < 4.78 is 13.3. The number of nitro groups is 1. The molecule has 0 saturated carbocycles. The molecule has 126 valence electrons. The van der Waals surface area contributed by atoms with Crippen molar-refractivity contribution in [1.82, 2.24) is 10.2 Å². The van der Waals surface area contributed by atoms with Crippen molar-refractivity contribution in [3.05, 3.63) is 27.8 Å². The summed E-state index contributed by atoms with van der Waals surface area (Å²) in [4.78, 5) is 11.9. The van der Waals surface area contributed by atoms with E-state index < -0.39 is 34.8 Å². The number of piperazine rings is 1. The van der Waals surface area contributed by atoms with Crippen LogP contribution >= 0.6 is 24.8 Å². The van der Waals surface area contributed by atoms with Crippen molar-refractivity contribution < 1.29 is 19.5 Å². The highest BCUT2D eigenvalue weighted by Gasteiger charge is 2.27. The number of nitrogens with one attached hydrogen (secondary N) is 1. The lowest BCUT2D eigenvalue weighted by atomic mass is 10.0. The van der Waals surface area contributed by atoms with Gasteiger partial charge in [0, 0.05) is 32.2 Å². The maximum atomic E-state index is 13.3. The van der Waals surface area contributed by atoms with E-state index in [2.05, 4.69) is 5.32 Å². The van der Waals surface area contributed by atoms with Crippen molar-refractivity contribution in [3.8, 4) is 11.5 Å². The van der Waals surface area contributed by atoms with Crippen LogP contribution in [-0.2, 0) is 0 Å². The highest BCUT2D eigenvalue weighted by molar-refractivity contribution is 5.85. The molecule has 0 bridgehead atoms. The molecule has 10 heteroatoms. The van der Waals surface area contributed by atoms with Gasteiger partial charge in [0.25, 0.3) is 0 Å². The molecule has 1 saturated heterocycles. The normalized spacial score (nSPS) is 16.2. The van der Waals surface area contributed by atoms with Crippen LogP contribution in [0.1, 0.15) is 11.6 Å². The van der Waals surface area contributed by atoms with Gasteiger partial charge in [-0.1, -0.05) is 0 Å². The van der Waals surface area contributed by atoms with Crippen LogP contribution in [0.2, 0.25) is 0 Å². The lowest BCUT2D eigenvalue weighted by molar-refractivity contribution is -0.386. The van der Waals surface area contributed by atoms with Crippen molar-refractivity contribution in [2.45, 2.75) is 6.04 Å². The van der Waals surface area contributed by atoms with Crippen LogP contribution in [0.3, 0.4) is 0 Å². The van der Waals surface area contributed by atoms with Crippen LogP contribution in [0, 0.1) is 10.1 Å². The predicted molar refractivity (Wildman–Crippen MR) is 84.1 cm³/mol. The Hall–Kier alpha value is -1.35. The van der Waals surface area contributed by atoms with E-state index in [1.807, 2.05) is 4.90 Å². The van der Waals surface area contributed by atoms with Gasteiger partial charge in [-0.05, 0) is 11.6 Å². The molecule has 0 spiro atoms. The predicted octanol–water partition coefficient (Wildman–Crippen LogP) is 1.77. The number of hydrogen-bond donors (Lipinski definition) is 3. The molecule has 0 aliphatic carbocycles. The Kier molecular flexibility index (Phi) is 8.39. The Morgan fingerprint density at radius 3 is 2.41 bits per heavy atom. The number of aromatic hydroxyl groups is 2. The molecule has 0 radical (unpaired) electrons. The Labute approximate surface area is 139 Å². The van der Waals surface area contributed by atoms with Crippen LogP contribution in [0.25, 0.3) is 0 Å². The zero-order valence-electron chi connectivity index (χ0n) is 11.6. The van der Waals surface area contributed by atoms with Crippen molar-refractivity contribution in [1.29, 1.82) is 0 Å². The Bertz CT molecular complexity index is 515. The quantitative estimate of drug-likeness (QED) is 0.431. The lowest BCUT2D eigenvalue weighted by Crippen LogP contribution is -2.45. The molecule has 7 nitrogen and oxygen atoms in total. The maximum absolute atomic E-state index is 13.3. The van der Waals surface area contributed by atoms with E-state index in [9.17, 15) is 24.7 Å². The first kappa shape index (κ1) is 20.6. The Balaban J connectivity index is 0.00000220. The minimum absolute atomic E-state index is 0. The van der Waals surface area contributed by atoms with E-state index >= 15 is 0 Å². The second-order valence-corrected chi connectivity index (χ2v) is 4.62. The second kappa shape index (κ2) is 8.94. The SMILES string of the molecule is Cl.Cl.O=[N+]([O-])c1cc([C@H](CF)N2CCNCC2)cc(O)c1O. The van der Waals surface area contributed by atoms with Gasteiger partial charge in [0.15, 0.2) is 5.75 Å². The van der Waals surface area contributed by atoms with Gasteiger partial charge >= 0.3 is 5.69 Å². The van der Waals surface area contributed by atoms with Gasteiger partial charge in [-0.25, -0.2) is 4.39 Å². The number of phenolic OH excluding ortho intramolecular Hbond substituents is 2. The second-order valence-electron chi connectivity index (χ2n) is 4.62. The molecule has 1 atom stereocenters. The van der Waals surface area contributed by atoms with Gasteiger partial charge in [0.05, 0.1) is 11.0 Å². The highest BCUT2D eigenvalue weighted by atomic mass is 35.5. The molecule has 22 heavy (non-hydrogen) atoms. The summed E-state index contributed by atoms with van der Waals surface area (Å²) in [7, 11) is 0. The number of nitrogens with zero attached hydrogens (tertiary/aromatic N) is 2. The third-order valence-corrected chi connectivity index (χ3v) is 3.41. The summed E-state index contributed by atoms with van der Waals surface area (Å²) >= 11 is 0. The van der Waals surface area contributed by atoms with Crippen LogP contribution in [0.5, 0.6) is 11.5 Å². The van der Waals surface area contributed by atoms with Crippen molar-refractivity contribution in [2.75, 3.05) is 32.9 Å². The number of phenols is 2. The summed E-state index contributed by atoms with van der Waals surface area (Å²) in [6.07, 6.45) is 0. The first-order chi connectivity index (χ1) is 9.54. The molecule has 0 amide bonds. The van der Waals surface area contributed by atoms with E-state index in [1.54, 1.807) is 0 Å². The maximum Gasteiger partial charge on any atom is 0.314 e. The van der Waals surface area contributed by atoms with Gasteiger partial charge in [-0.2, -0.15) is 0 Å². The van der Waals surface area contributed by atoms with E-state index in [-0.39, 0.29) is 30.4 Å². The van der Waals surface area contributed by atoms with Crippen LogP contribution in [0.4, 0.5) is 10.1 Å². The Morgan fingerprint density at radius 1 is 1.32 bits per heavy atom. The van der Waals surface area contributed by atoms with E-state index in [1.165, 1.54) is 6.07 Å². The first-order valence-corrected chi connectivity index (χ1v) is 6.25. The molecule has 0 aromatic heterocycles. The molecular weight excluding hydrogens is 340 g/mol. The summed E-state index contributed by atoms with van der Waals surface area (Å²) in [5, 5.41) is 33.0. The number of halogens is 3. The average molecular weight is 358 g/mol. The number of rotatable bonds is 4. The highest BCUT2D eigenvalue weighted by Crippen LogP contribution is 2.38. The molecule has 1 aromatic carbocycles. The van der Waals surface area contributed by atoms with Crippen LogP contribution in [-0.4, -0.2) is 52.9 Å². The molecule has 0 unspecified atom stereocenters. The summed E-state index contributed by atoms with van der Waals surface area (Å²) in [6.45, 7) is 1.93. The molecule has 1 aliphatic heterocycles. The fourth-order valence-electron chi connectivity index (χ4n) is 2.35. The summed E-state index contributed by atoms with van der Waals surface area (Å²) in [5.74, 6) is -1.40. The fraction of sp³-hybridized carbons (Fsp3) is 0.500. The first-order valence-electron chi connectivity index (χ1n) is 6.25. The van der Waals surface area contributed by atoms with E-state index in [0.29, 0.717) is 26.2 Å². The smallest absolute Gasteiger partial charge is 0.314 e. The number of alkyl halides is 1. The summed E-state index contributed by atoms with van der Waals surface area (Å²) in [5.41, 5.74) is -0.329. The zero-order chi connectivity index (χ0) is 14.7. The third kappa shape index (κ3) is 4.33. The van der Waals surface area contributed by atoms with Crippen LogP contribution < -0.4 is 5.32 Å². The third-order valence-electron chi connectivity index (χ3n) is 3.41. The average Bonchev–Trinajstić information content (AvgIpc) is 2.44. The monoisotopic (exact) mass is 357 g/mol. The topological polar surface area (TPSA) is 98.9 Å². The van der Waals surface area contributed by atoms with E-state index in [0.717, 1.165) is 6.07 Å². The molecule has 1 aromatic rings. The van der Waals surface area contributed by atoms with Gasteiger partial charge in [-0.3, -0.25) is 15.0 Å². The number of hydrogen-bond acceptors (Lipinski definition) is 6. The standard InChI is InChI=1S/C12H16FN3O4.2ClH/c13-7-10(15-3-1-14-2-4-15)8-5-9(16(19)20)12(18)11(17)6-8;;/h5-6,10,14,17-18H,1-4,7H2;2*1H/t10-;;/m0../s1. The van der Waals surface area contributed by atoms with Crippen molar-refractivity contribution >= 4 is 30.5 Å². The molecule has 1 fully saturated rings. The minimum Gasteiger partial charge on any atom is -0.504 e. The number of nitro benzene ring substituents is 1. The van der Waals surface area contributed by atoms with Crippen molar-refractivity contribution in [2.24, 2.45) is 0 Å². The molecular formula is C12H18Cl2FN3O4. The lowest BCUT2D eigenvalue weighted by Gasteiger charge is -2.33. The zero-order valence-corrected chi connectivity index (χ0v) is 13.2. The molecule has 3 N–H and O–H groups in total. The fourth-order valence-corrected chi connectivity index (χ4v) is 2.35.